The molecule has 1 aromatic rings. The van der Waals surface area contributed by atoms with Gasteiger partial charge in [-0.2, -0.15) is 0 Å². The Kier molecular flexibility index (Phi) is 5.96. The van der Waals surface area contributed by atoms with E-state index in [0.29, 0.717) is 23.1 Å². The molecule has 0 aliphatic carbocycles. The molecule has 1 atom stereocenters. The smallest absolute Gasteiger partial charge is 0.265 e. The number of carbonyl (C=O) groups is 2. The SMILES string of the molecule is O=C(NCCN1CCCCC1)C1CSCN1C(=O)c1cccs1. The topological polar surface area (TPSA) is 52.7 Å². The summed E-state index contributed by atoms with van der Waals surface area (Å²) in [7, 11) is 0. The predicted octanol–water partition coefficient (Wildman–Crippen LogP) is 1.87. The normalized spacial score (nSPS) is 22.3. The van der Waals surface area contributed by atoms with Gasteiger partial charge in [0.05, 0.1) is 10.8 Å². The van der Waals surface area contributed by atoms with Crippen LogP contribution in [0.3, 0.4) is 0 Å². The molecule has 7 heteroatoms. The molecule has 2 aliphatic rings. The van der Waals surface area contributed by atoms with E-state index in [4.69, 9.17) is 0 Å². The number of rotatable bonds is 5. The van der Waals surface area contributed by atoms with Gasteiger partial charge in [-0.05, 0) is 37.4 Å². The average Bonchev–Trinajstić information content (AvgIpc) is 3.27. The molecule has 1 N–H and O–H groups in total. The van der Waals surface area contributed by atoms with E-state index < -0.39 is 0 Å². The van der Waals surface area contributed by atoms with Gasteiger partial charge in [-0.1, -0.05) is 12.5 Å². The molecule has 0 aromatic carbocycles. The van der Waals surface area contributed by atoms with Crippen LogP contribution in [0.4, 0.5) is 0 Å². The molecule has 2 saturated heterocycles. The Morgan fingerprint density at radius 2 is 2.09 bits per heavy atom. The van der Waals surface area contributed by atoms with Crippen molar-refractivity contribution in [3.05, 3.63) is 22.4 Å². The Hall–Kier alpha value is -1.05. The van der Waals surface area contributed by atoms with Crippen molar-refractivity contribution in [1.82, 2.24) is 15.1 Å². The maximum Gasteiger partial charge on any atom is 0.265 e. The first-order chi connectivity index (χ1) is 11.3. The zero-order valence-electron chi connectivity index (χ0n) is 13.2. The van der Waals surface area contributed by atoms with E-state index in [2.05, 4.69) is 10.2 Å². The first-order valence-corrected chi connectivity index (χ1v) is 10.2. The fourth-order valence-corrected chi connectivity index (χ4v) is 4.87. The van der Waals surface area contributed by atoms with Crippen LogP contribution in [0.5, 0.6) is 0 Å². The number of thiophene rings is 1. The van der Waals surface area contributed by atoms with E-state index in [1.54, 1.807) is 16.7 Å². The van der Waals surface area contributed by atoms with Crippen LogP contribution in [0.1, 0.15) is 28.9 Å². The standard InChI is InChI=1S/C16H23N3O2S2/c20-15(17-6-9-18-7-2-1-3-8-18)13-11-22-12-19(13)16(21)14-5-4-10-23-14/h4-5,10,13H,1-3,6-9,11-12H2,(H,17,20). The summed E-state index contributed by atoms with van der Waals surface area (Å²) in [6.45, 7) is 3.85. The minimum Gasteiger partial charge on any atom is -0.353 e. The number of hydrogen-bond donors (Lipinski definition) is 1. The second-order valence-electron chi connectivity index (χ2n) is 5.96. The van der Waals surface area contributed by atoms with Crippen molar-refractivity contribution >= 4 is 34.9 Å². The molecule has 3 rings (SSSR count). The van der Waals surface area contributed by atoms with Crippen LogP contribution < -0.4 is 5.32 Å². The van der Waals surface area contributed by atoms with Gasteiger partial charge >= 0.3 is 0 Å². The second kappa shape index (κ2) is 8.17. The maximum atomic E-state index is 12.5. The largest absolute Gasteiger partial charge is 0.353 e. The third-order valence-corrected chi connectivity index (χ3v) is 6.22. The summed E-state index contributed by atoms with van der Waals surface area (Å²) in [6, 6.07) is 3.35. The summed E-state index contributed by atoms with van der Waals surface area (Å²) in [5.41, 5.74) is 0. The van der Waals surface area contributed by atoms with Crippen LogP contribution in [0, 0.1) is 0 Å². The Balaban J connectivity index is 1.48. The molecule has 2 amide bonds. The highest BCUT2D eigenvalue weighted by molar-refractivity contribution is 7.99. The Morgan fingerprint density at radius 3 is 2.83 bits per heavy atom. The Labute approximate surface area is 145 Å². The zero-order chi connectivity index (χ0) is 16.1. The number of nitrogens with one attached hydrogen (secondary N) is 1. The van der Waals surface area contributed by atoms with Gasteiger partial charge < -0.3 is 15.1 Å². The van der Waals surface area contributed by atoms with Gasteiger partial charge in [0.1, 0.15) is 6.04 Å². The highest BCUT2D eigenvalue weighted by Gasteiger charge is 2.35. The minimum absolute atomic E-state index is 0.0167. The zero-order valence-corrected chi connectivity index (χ0v) is 14.8. The lowest BCUT2D eigenvalue weighted by atomic mass is 10.1. The molecule has 0 spiro atoms. The quantitative estimate of drug-likeness (QED) is 0.878. The van der Waals surface area contributed by atoms with Gasteiger partial charge in [0.25, 0.3) is 5.91 Å². The molecule has 2 aliphatic heterocycles. The first kappa shape index (κ1) is 16.8. The van der Waals surface area contributed by atoms with Crippen molar-refractivity contribution in [3.8, 4) is 0 Å². The van der Waals surface area contributed by atoms with E-state index >= 15 is 0 Å². The molecule has 0 radical (unpaired) electrons. The highest BCUT2D eigenvalue weighted by Crippen LogP contribution is 2.24. The third kappa shape index (κ3) is 4.28. The van der Waals surface area contributed by atoms with Gasteiger partial charge in [-0.25, -0.2) is 0 Å². The summed E-state index contributed by atoms with van der Waals surface area (Å²) in [6.07, 6.45) is 3.84. The van der Waals surface area contributed by atoms with Gasteiger partial charge in [0.15, 0.2) is 0 Å². The molecular weight excluding hydrogens is 330 g/mol. The van der Waals surface area contributed by atoms with Gasteiger partial charge in [-0.3, -0.25) is 9.59 Å². The van der Waals surface area contributed by atoms with Crippen LogP contribution in [-0.2, 0) is 4.79 Å². The third-order valence-electron chi connectivity index (χ3n) is 4.35. The number of nitrogens with zero attached hydrogens (tertiary/aromatic N) is 2. The number of likely N-dealkylation sites (tertiary alicyclic amines) is 1. The van der Waals surface area contributed by atoms with E-state index in [0.717, 1.165) is 19.6 Å². The lowest BCUT2D eigenvalue weighted by molar-refractivity contribution is -0.124. The van der Waals surface area contributed by atoms with E-state index in [-0.39, 0.29) is 17.9 Å². The molecule has 2 fully saturated rings. The first-order valence-electron chi connectivity index (χ1n) is 8.18. The molecular formula is C16H23N3O2S2. The molecule has 126 valence electrons. The number of piperidine rings is 1. The van der Waals surface area contributed by atoms with Crippen molar-refractivity contribution < 1.29 is 9.59 Å². The summed E-state index contributed by atoms with van der Waals surface area (Å²) < 4.78 is 0. The Morgan fingerprint density at radius 1 is 1.26 bits per heavy atom. The highest BCUT2D eigenvalue weighted by atomic mass is 32.2. The summed E-state index contributed by atoms with van der Waals surface area (Å²) in [5, 5.41) is 4.91. The minimum atomic E-state index is -0.337. The molecule has 0 bridgehead atoms. The van der Waals surface area contributed by atoms with Crippen LogP contribution in [-0.4, -0.2) is 65.5 Å². The fraction of sp³-hybridized carbons (Fsp3) is 0.625. The molecule has 1 aromatic heterocycles. The summed E-state index contributed by atoms with van der Waals surface area (Å²) in [5.74, 6) is 1.24. The number of hydrogen-bond acceptors (Lipinski definition) is 5. The summed E-state index contributed by atoms with van der Waals surface area (Å²) >= 11 is 3.07. The van der Waals surface area contributed by atoms with Crippen LogP contribution in [0.2, 0.25) is 0 Å². The lowest BCUT2D eigenvalue weighted by Crippen LogP contribution is -2.48. The van der Waals surface area contributed by atoms with Crippen LogP contribution in [0.25, 0.3) is 0 Å². The number of thioether (sulfide) groups is 1. The second-order valence-corrected chi connectivity index (χ2v) is 7.91. The predicted molar refractivity (Wildman–Crippen MR) is 94.9 cm³/mol. The van der Waals surface area contributed by atoms with Crippen molar-refractivity contribution in [2.24, 2.45) is 0 Å². The van der Waals surface area contributed by atoms with Crippen LogP contribution >= 0.6 is 23.1 Å². The fourth-order valence-electron chi connectivity index (χ4n) is 3.04. The lowest BCUT2D eigenvalue weighted by Gasteiger charge is -2.27. The maximum absolute atomic E-state index is 12.5. The van der Waals surface area contributed by atoms with Crippen molar-refractivity contribution in [2.45, 2.75) is 25.3 Å². The number of amides is 2. The van der Waals surface area contributed by atoms with E-state index in [1.165, 1.54) is 30.6 Å². The monoisotopic (exact) mass is 353 g/mol. The van der Waals surface area contributed by atoms with Gasteiger partial charge in [0, 0.05) is 18.8 Å². The van der Waals surface area contributed by atoms with Crippen molar-refractivity contribution in [2.75, 3.05) is 37.8 Å². The average molecular weight is 354 g/mol. The van der Waals surface area contributed by atoms with Crippen molar-refractivity contribution in [3.63, 3.8) is 0 Å². The molecule has 1 unspecified atom stereocenters. The van der Waals surface area contributed by atoms with E-state index in [9.17, 15) is 9.59 Å². The van der Waals surface area contributed by atoms with Gasteiger partial charge in [0.2, 0.25) is 5.91 Å². The molecule has 0 saturated carbocycles. The molecule has 3 heterocycles. The van der Waals surface area contributed by atoms with Crippen LogP contribution in [0.15, 0.2) is 17.5 Å². The Bertz CT molecular complexity index is 529. The van der Waals surface area contributed by atoms with Gasteiger partial charge in [-0.15, -0.1) is 23.1 Å². The van der Waals surface area contributed by atoms with E-state index in [1.807, 2.05) is 17.5 Å². The summed E-state index contributed by atoms with van der Waals surface area (Å²) in [4.78, 5) is 29.7. The molecule has 23 heavy (non-hydrogen) atoms. The van der Waals surface area contributed by atoms with Crippen molar-refractivity contribution in [1.29, 1.82) is 0 Å². The molecule has 5 nitrogen and oxygen atoms in total. The number of carbonyl (C=O) groups excluding carboxylic acids is 2.